The monoisotopic (exact) mass is 434 g/mol. The summed E-state index contributed by atoms with van der Waals surface area (Å²) in [5, 5.41) is 3.65. The summed E-state index contributed by atoms with van der Waals surface area (Å²) >= 11 is 0. The van der Waals surface area contributed by atoms with Gasteiger partial charge in [-0.3, -0.25) is 4.79 Å². The number of rotatable bonds is 9. The lowest BCUT2D eigenvalue weighted by atomic mass is 9.92. The van der Waals surface area contributed by atoms with Gasteiger partial charge >= 0.3 is 0 Å². The lowest BCUT2D eigenvalue weighted by Gasteiger charge is -2.23. The van der Waals surface area contributed by atoms with Crippen LogP contribution < -0.4 is 5.32 Å². The summed E-state index contributed by atoms with van der Waals surface area (Å²) in [5.41, 5.74) is 7.08. The average molecular weight is 435 g/mol. The Balaban J connectivity index is 2.72. The van der Waals surface area contributed by atoms with Gasteiger partial charge in [-0.05, 0) is 45.9 Å². The van der Waals surface area contributed by atoms with Crippen LogP contribution in [-0.4, -0.2) is 11.6 Å². The number of hydrogen-bond donors (Lipinski definition) is 1. The van der Waals surface area contributed by atoms with Gasteiger partial charge in [-0.1, -0.05) is 98.7 Å². The summed E-state index contributed by atoms with van der Waals surface area (Å²) in [5.74, 6) is 2.37. The third kappa shape index (κ3) is 6.31. The van der Waals surface area contributed by atoms with Gasteiger partial charge in [0, 0.05) is 12.1 Å². The van der Waals surface area contributed by atoms with Crippen molar-refractivity contribution in [3.05, 3.63) is 58.7 Å². The molecule has 0 aromatic heterocycles. The van der Waals surface area contributed by atoms with Crippen molar-refractivity contribution >= 4 is 23.0 Å². The second kappa shape index (κ2) is 11.4. The Labute approximate surface area is 195 Å². The average Bonchev–Trinajstić information content (AvgIpc) is 2.72. The lowest BCUT2D eigenvalue weighted by molar-refractivity contribution is -0.117. The van der Waals surface area contributed by atoms with Crippen LogP contribution in [0.4, 0.5) is 11.4 Å². The standard InChI is InChI=1S/C29H42N2O/c1-10-22(32)17-27(30-28-23(18(2)3)13-11-14-24(28)19(4)5)31-29-25(20(6)7)15-12-16-26(29)21(8)9/h11-16,18-21H,10,17H2,1-9H3,(H,30,31). The second-order valence-electron chi connectivity index (χ2n) is 9.97. The molecule has 2 rings (SSSR count). The molecule has 0 atom stereocenters. The van der Waals surface area contributed by atoms with E-state index in [0.29, 0.717) is 36.5 Å². The molecule has 0 unspecified atom stereocenters. The topological polar surface area (TPSA) is 41.5 Å². The molecule has 0 amide bonds. The fraction of sp³-hybridized carbons (Fsp3) is 0.517. The van der Waals surface area contributed by atoms with Crippen molar-refractivity contribution in [1.82, 2.24) is 0 Å². The van der Waals surface area contributed by atoms with E-state index in [2.05, 4.69) is 97.1 Å². The van der Waals surface area contributed by atoms with E-state index in [-0.39, 0.29) is 5.78 Å². The molecule has 174 valence electrons. The summed E-state index contributed by atoms with van der Waals surface area (Å²) < 4.78 is 0. The maximum Gasteiger partial charge on any atom is 0.140 e. The molecule has 0 saturated heterocycles. The van der Waals surface area contributed by atoms with E-state index in [1.807, 2.05) is 6.92 Å². The third-order valence-corrected chi connectivity index (χ3v) is 5.99. The van der Waals surface area contributed by atoms with Crippen molar-refractivity contribution in [3.63, 3.8) is 0 Å². The first-order chi connectivity index (χ1) is 15.1. The summed E-state index contributed by atoms with van der Waals surface area (Å²) in [6.45, 7) is 19.6. The number of amidine groups is 1. The molecule has 0 heterocycles. The number of nitrogens with zero attached hydrogens (tertiary/aromatic N) is 1. The Morgan fingerprint density at radius 1 is 0.750 bits per heavy atom. The van der Waals surface area contributed by atoms with Gasteiger partial charge in [0.15, 0.2) is 0 Å². The molecule has 0 spiro atoms. The quantitative estimate of drug-likeness (QED) is 0.317. The summed E-state index contributed by atoms with van der Waals surface area (Å²) in [7, 11) is 0. The van der Waals surface area contributed by atoms with E-state index < -0.39 is 0 Å². The molecule has 32 heavy (non-hydrogen) atoms. The van der Waals surface area contributed by atoms with Gasteiger partial charge in [0.2, 0.25) is 0 Å². The predicted molar refractivity (Wildman–Crippen MR) is 140 cm³/mol. The maximum absolute atomic E-state index is 12.6. The Morgan fingerprint density at radius 2 is 1.16 bits per heavy atom. The summed E-state index contributed by atoms with van der Waals surface area (Å²) in [4.78, 5) is 17.7. The lowest BCUT2D eigenvalue weighted by Crippen LogP contribution is -2.19. The molecule has 0 fully saturated rings. The number of anilines is 1. The first-order valence-corrected chi connectivity index (χ1v) is 12.2. The number of benzene rings is 2. The van der Waals surface area contributed by atoms with Crippen molar-refractivity contribution in [2.75, 3.05) is 5.32 Å². The molecule has 0 aliphatic carbocycles. The van der Waals surface area contributed by atoms with Gasteiger partial charge < -0.3 is 5.32 Å². The van der Waals surface area contributed by atoms with Crippen molar-refractivity contribution < 1.29 is 4.79 Å². The Bertz CT molecular complexity index is 899. The van der Waals surface area contributed by atoms with Crippen LogP contribution in [0.25, 0.3) is 0 Å². The molecule has 3 heteroatoms. The highest BCUT2D eigenvalue weighted by Crippen LogP contribution is 2.36. The van der Waals surface area contributed by atoms with Gasteiger partial charge in [-0.15, -0.1) is 0 Å². The van der Waals surface area contributed by atoms with Crippen molar-refractivity contribution in [2.45, 2.75) is 98.8 Å². The van der Waals surface area contributed by atoms with Crippen LogP contribution in [0.3, 0.4) is 0 Å². The summed E-state index contributed by atoms with van der Waals surface area (Å²) in [6.07, 6.45) is 0.816. The van der Waals surface area contributed by atoms with Gasteiger partial charge in [0.25, 0.3) is 0 Å². The highest BCUT2D eigenvalue weighted by Gasteiger charge is 2.19. The van der Waals surface area contributed by atoms with Crippen molar-refractivity contribution in [1.29, 1.82) is 0 Å². The van der Waals surface area contributed by atoms with Crippen LogP contribution in [0.5, 0.6) is 0 Å². The Kier molecular flexibility index (Phi) is 9.24. The van der Waals surface area contributed by atoms with Crippen LogP contribution in [0.2, 0.25) is 0 Å². The first kappa shape index (κ1) is 25.8. The van der Waals surface area contributed by atoms with Crippen LogP contribution in [0.15, 0.2) is 41.4 Å². The number of aliphatic imine (C=N–C) groups is 1. The van der Waals surface area contributed by atoms with E-state index >= 15 is 0 Å². The number of hydrogen-bond acceptors (Lipinski definition) is 2. The van der Waals surface area contributed by atoms with Gasteiger partial charge in [0.1, 0.15) is 11.6 Å². The molecular formula is C29H42N2O. The number of carbonyl (C=O) groups is 1. The SMILES string of the molecule is CCC(=O)CC(=Nc1c(C(C)C)cccc1C(C)C)Nc1c(C(C)C)cccc1C(C)C. The first-order valence-electron chi connectivity index (χ1n) is 12.2. The molecule has 0 saturated carbocycles. The Morgan fingerprint density at radius 3 is 1.53 bits per heavy atom. The van der Waals surface area contributed by atoms with Gasteiger partial charge in [-0.25, -0.2) is 4.99 Å². The molecule has 2 aromatic rings. The van der Waals surface area contributed by atoms with Crippen LogP contribution >= 0.6 is 0 Å². The zero-order chi connectivity index (χ0) is 24.0. The molecular weight excluding hydrogens is 392 g/mol. The van der Waals surface area contributed by atoms with Crippen molar-refractivity contribution in [2.24, 2.45) is 4.99 Å². The zero-order valence-electron chi connectivity index (χ0n) is 21.5. The normalized spacial score (nSPS) is 12.3. The zero-order valence-corrected chi connectivity index (χ0v) is 21.5. The van der Waals surface area contributed by atoms with Gasteiger partial charge in [0.05, 0.1) is 12.1 Å². The minimum atomic E-state index is 0.192. The highest BCUT2D eigenvalue weighted by atomic mass is 16.1. The molecule has 2 aromatic carbocycles. The van der Waals surface area contributed by atoms with E-state index in [4.69, 9.17) is 4.99 Å². The molecule has 1 N–H and O–H groups in total. The second-order valence-corrected chi connectivity index (χ2v) is 9.97. The van der Waals surface area contributed by atoms with Gasteiger partial charge in [-0.2, -0.15) is 0 Å². The Hall–Kier alpha value is -2.42. The predicted octanol–water partition coefficient (Wildman–Crippen LogP) is 8.69. The molecule has 0 bridgehead atoms. The molecule has 3 nitrogen and oxygen atoms in total. The van der Waals surface area contributed by atoms with Crippen LogP contribution in [0, 0.1) is 0 Å². The third-order valence-electron chi connectivity index (χ3n) is 5.99. The fourth-order valence-corrected chi connectivity index (χ4v) is 4.04. The maximum atomic E-state index is 12.6. The van der Waals surface area contributed by atoms with Crippen molar-refractivity contribution in [3.8, 4) is 0 Å². The van der Waals surface area contributed by atoms with Crippen LogP contribution in [-0.2, 0) is 4.79 Å². The van der Waals surface area contributed by atoms with E-state index in [1.165, 1.54) is 22.3 Å². The minimum Gasteiger partial charge on any atom is -0.343 e. The largest absolute Gasteiger partial charge is 0.343 e. The van der Waals surface area contributed by atoms with E-state index in [9.17, 15) is 4.79 Å². The van der Waals surface area contributed by atoms with E-state index in [0.717, 1.165) is 17.2 Å². The number of carbonyl (C=O) groups excluding carboxylic acids is 1. The molecule has 0 radical (unpaired) electrons. The fourth-order valence-electron chi connectivity index (χ4n) is 4.04. The van der Waals surface area contributed by atoms with E-state index in [1.54, 1.807) is 0 Å². The number of para-hydroxylation sites is 2. The molecule has 0 aliphatic heterocycles. The highest BCUT2D eigenvalue weighted by molar-refractivity contribution is 6.09. The van der Waals surface area contributed by atoms with Crippen LogP contribution in [0.1, 0.15) is 121 Å². The molecule has 0 aliphatic rings. The number of Topliss-reactive ketones (excluding diaryl/α,β-unsaturated/α-hetero) is 1. The number of nitrogens with one attached hydrogen (secondary N) is 1. The number of ketones is 1. The minimum absolute atomic E-state index is 0.192. The smallest absolute Gasteiger partial charge is 0.140 e. The summed E-state index contributed by atoms with van der Waals surface area (Å²) in [6, 6.07) is 12.9.